The molecular weight excluding hydrogens is 366 g/mol. The van der Waals surface area contributed by atoms with Crippen LogP contribution in [0.1, 0.15) is 18.5 Å². The highest BCUT2D eigenvalue weighted by molar-refractivity contribution is 5.87. The number of aromatic amines is 1. The van der Waals surface area contributed by atoms with Gasteiger partial charge < -0.3 is 20.0 Å². The third-order valence-electron chi connectivity index (χ3n) is 5.70. The molecule has 1 aliphatic rings. The first-order chi connectivity index (χ1) is 14.2. The molecule has 150 valence electrons. The lowest BCUT2D eigenvalue weighted by Gasteiger charge is -2.32. The van der Waals surface area contributed by atoms with Gasteiger partial charge in [0.15, 0.2) is 11.4 Å². The zero-order valence-corrected chi connectivity index (χ0v) is 16.7. The van der Waals surface area contributed by atoms with Crippen molar-refractivity contribution < 1.29 is 4.42 Å². The summed E-state index contributed by atoms with van der Waals surface area (Å²) in [6, 6.07) is 8.00. The lowest BCUT2D eigenvalue weighted by Crippen LogP contribution is -2.37. The van der Waals surface area contributed by atoms with Crippen LogP contribution < -0.4 is 15.5 Å². The van der Waals surface area contributed by atoms with Crippen LogP contribution in [0.3, 0.4) is 0 Å². The van der Waals surface area contributed by atoms with Crippen LogP contribution >= 0.6 is 0 Å². The number of fused-ring (bicyclic) bond motifs is 2. The fourth-order valence-corrected chi connectivity index (χ4v) is 4.12. The van der Waals surface area contributed by atoms with Crippen LogP contribution in [0.15, 0.2) is 34.9 Å². The number of furan rings is 1. The van der Waals surface area contributed by atoms with Crippen molar-refractivity contribution in [2.75, 3.05) is 36.9 Å². The Kier molecular flexibility index (Phi) is 4.55. The van der Waals surface area contributed by atoms with E-state index in [-0.39, 0.29) is 0 Å². The quantitative estimate of drug-likeness (QED) is 0.478. The first-order valence-corrected chi connectivity index (χ1v) is 10.1. The van der Waals surface area contributed by atoms with Gasteiger partial charge in [-0.2, -0.15) is 10.1 Å². The van der Waals surface area contributed by atoms with E-state index in [4.69, 9.17) is 9.40 Å². The number of piperidine rings is 1. The van der Waals surface area contributed by atoms with Crippen molar-refractivity contribution in [2.45, 2.75) is 19.8 Å². The molecule has 0 saturated carbocycles. The van der Waals surface area contributed by atoms with Crippen molar-refractivity contribution in [3.8, 4) is 0 Å². The normalized spacial score (nSPS) is 15.4. The van der Waals surface area contributed by atoms with E-state index in [0.29, 0.717) is 11.9 Å². The van der Waals surface area contributed by atoms with E-state index in [1.165, 1.54) is 0 Å². The Morgan fingerprint density at radius 1 is 1.21 bits per heavy atom. The number of anilines is 3. The van der Waals surface area contributed by atoms with Gasteiger partial charge in [0.2, 0.25) is 5.95 Å². The average Bonchev–Trinajstić information content (AvgIpc) is 3.35. The summed E-state index contributed by atoms with van der Waals surface area (Å²) in [5, 5.41) is 15.1. The second-order valence-corrected chi connectivity index (χ2v) is 7.69. The summed E-state index contributed by atoms with van der Waals surface area (Å²) in [7, 11) is 2.02. The molecule has 0 amide bonds. The molecule has 4 heterocycles. The number of benzene rings is 1. The molecule has 0 atom stereocenters. The van der Waals surface area contributed by atoms with Crippen LogP contribution in [0.2, 0.25) is 0 Å². The Bertz CT molecular complexity index is 1140. The molecule has 1 aliphatic heterocycles. The van der Waals surface area contributed by atoms with Crippen LogP contribution in [0.5, 0.6) is 0 Å². The van der Waals surface area contributed by atoms with Gasteiger partial charge in [0, 0.05) is 30.2 Å². The molecule has 0 unspecified atom stereocenters. The minimum absolute atomic E-state index is 0.571. The monoisotopic (exact) mass is 391 g/mol. The predicted octanol–water partition coefficient (Wildman–Crippen LogP) is 3.59. The number of H-pyrrole nitrogens is 1. The van der Waals surface area contributed by atoms with Crippen LogP contribution in [-0.2, 0) is 0 Å². The minimum atomic E-state index is 0.571. The molecule has 1 aromatic carbocycles. The number of rotatable bonds is 5. The van der Waals surface area contributed by atoms with E-state index in [9.17, 15) is 0 Å². The summed E-state index contributed by atoms with van der Waals surface area (Å²) in [6.45, 7) is 5.00. The molecule has 0 bridgehead atoms. The average molecular weight is 391 g/mol. The number of hydrogen-bond donors (Lipinski definition) is 3. The SMILES string of the molecule is CNCC1CCN(c2nc(Nc3ccc4c(C)n[nH]c4c3)nc3ccoc23)CC1. The summed E-state index contributed by atoms with van der Waals surface area (Å²) in [6.07, 6.45) is 3.97. The lowest BCUT2D eigenvalue weighted by molar-refractivity contribution is 0.392. The maximum Gasteiger partial charge on any atom is 0.229 e. The molecule has 4 aromatic rings. The smallest absolute Gasteiger partial charge is 0.229 e. The van der Waals surface area contributed by atoms with Crippen LogP contribution in [0, 0.1) is 12.8 Å². The molecular formula is C21H25N7O. The number of nitrogens with zero attached hydrogens (tertiary/aromatic N) is 4. The largest absolute Gasteiger partial charge is 0.459 e. The molecule has 29 heavy (non-hydrogen) atoms. The van der Waals surface area contributed by atoms with Crippen molar-refractivity contribution in [1.82, 2.24) is 25.5 Å². The first kappa shape index (κ1) is 17.9. The lowest BCUT2D eigenvalue weighted by atomic mass is 9.97. The zero-order chi connectivity index (χ0) is 19.8. The van der Waals surface area contributed by atoms with E-state index in [2.05, 4.69) is 36.8 Å². The van der Waals surface area contributed by atoms with Gasteiger partial charge in [-0.25, -0.2) is 4.98 Å². The second-order valence-electron chi connectivity index (χ2n) is 7.69. The number of aryl methyl sites for hydroxylation is 1. The van der Waals surface area contributed by atoms with Crippen molar-refractivity contribution in [1.29, 1.82) is 0 Å². The fraction of sp³-hybridized carbons (Fsp3) is 0.381. The van der Waals surface area contributed by atoms with Crippen LogP contribution in [0.25, 0.3) is 22.0 Å². The van der Waals surface area contributed by atoms with Gasteiger partial charge in [0.1, 0.15) is 5.52 Å². The topological polar surface area (TPSA) is 94.9 Å². The van der Waals surface area contributed by atoms with Gasteiger partial charge in [-0.1, -0.05) is 0 Å². The van der Waals surface area contributed by atoms with Gasteiger partial charge in [0.05, 0.1) is 17.5 Å². The summed E-state index contributed by atoms with van der Waals surface area (Å²) in [5.41, 5.74) is 4.47. The highest BCUT2D eigenvalue weighted by atomic mass is 16.3. The molecule has 5 rings (SSSR count). The van der Waals surface area contributed by atoms with Crippen molar-refractivity contribution in [3.63, 3.8) is 0 Å². The van der Waals surface area contributed by atoms with E-state index in [1.54, 1.807) is 6.26 Å². The molecule has 1 fully saturated rings. The predicted molar refractivity (Wildman–Crippen MR) is 115 cm³/mol. The van der Waals surface area contributed by atoms with Gasteiger partial charge in [0.25, 0.3) is 0 Å². The van der Waals surface area contributed by atoms with Gasteiger partial charge in [-0.15, -0.1) is 0 Å². The number of nitrogens with one attached hydrogen (secondary N) is 3. The maximum absolute atomic E-state index is 5.72. The fourth-order valence-electron chi connectivity index (χ4n) is 4.12. The molecule has 0 spiro atoms. The molecule has 3 N–H and O–H groups in total. The van der Waals surface area contributed by atoms with E-state index < -0.39 is 0 Å². The highest BCUT2D eigenvalue weighted by Crippen LogP contribution is 2.31. The molecule has 3 aromatic heterocycles. The van der Waals surface area contributed by atoms with Gasteiger partial charge in [-0.3, -0.25) is 5.10 Å². The number of aromatic nitrogens is 4. The van der Waals surface area contributed by atoms with E-state index in [0.717, 1.165) is 71.7 Å². The van der Waals surface area contributed by atoms with Crippen molar-refractivity contribution in [2.24, 2.45) is 5.92 Å². The van der Waals surface area contributed by atoms with Gasteiger partial charge in [-0.05, 0) is 57.5 Å². The van der Waals surface area contributed by atoms with Crippen LogP contribution in [0.4, 0.5) is 17.5 Å². The molecule has 0 aliphatic carbocycles. The third-order valence-corrected chi connectivity index (χ3v) is 5.70. The number of hydrogen-bond acceptors (Lipinski definition) is 7. The summed E-state index contributed by atoms with van der Waals surface area (Å²) in [4.78, 5) is 11.8. The van der Waals surface area contributed by atoms with E-state index >= 15 is 0 Å². The Hall–Kier alpha value is -3.13. The maximum atomic E-state index is 5.72. The summed E-state index contributed by atoms with van der Waals surface area (Å²) < 4.78 is 5.72. The first-order valence-electron chi connectivity index (χ1n) is 10.1. The molecule has 1 saturated heterocycles. The van der Waals surface area contributed by atoms with E-state index in [1.807, 2.05) is 32.2 Å². The van der Waals surface area contributed by atoms with Crippen molar-refractivity contribution in [3.05, 3.63) is 36.2 Å². The Balaban J connectivity index is 1.44. The second kappa shape index (κ2) is 7.36. The molecule has 8 nitrogen and oxygen atoms in total. The highest BCUT2D eigenvalue weighted by Gasteiger charge is 2.23. The van der Waals surface area contributed by atoms with Crippen molar-refractivity contribution >= 4 is 39.5 Å². The summed E-state index contributed by atoms with van der Waals surface area (Å²) >= 11 is 0. The third kappa shape index (κ3) is 3.40. The van der Waals surface area contributed by atoms with Crippen LogP contribution in [-0.4, -0.2) is 46.8 Å². The molecule has 0 radical (unpaired) electrons. The Morgan fingerprint density at radius 3 is 2.90 bits per heavy atom. The molecule has 8 heteroatoms. The zero-order valence-electron chi connectivity index (χ0n) is 16.7. The summed E-state index contributed by atoms with van der Waals surface area (Å²) in [5.74, 6) is 2.15. The van der Waals surface area contributed by atoms with Gasteiger partial charge >= 0.3 is 0 Å². The Labute approximate surface area is 168 Å². The standard InChI is InChI=1S/C21H25N7O/c1-13-16-4-3-15(11-18(16)27-26-13)23-21-24-17-7-10-29-19(17)20(25-21)28-8-5-14(6-9-28)12-22-2/h3-4,7,10-11,14,22H,5-6,8-9,12H2,1-2H3,(H,26,27)(H,23,24,25). The minimum Gasteiger partial charge on any atom is -0.459 e. The Morgan fingerprint density at radius 2 is 2.07 bits per heavy atom.